The first-order chi connectivity index (χ1) is 17.8. The van der Waals surface area contributed by atoms with E-state index >= 15 is 0 Å². The second kappa shape index (κ2) is 10.0. The Hall–Kier alpha value is -3.67. The molecule has 1 heterocycles. The number of pyridine rings is 1. The molecule has 0 unspecified atom stereocenters. The molecule has 1 aromatic heterocycles. The number of hydrogen-bond donors (Lipinski definition) is 1. The molecule has 1 fully saturated rings. The number of rotatable bonds is 5. The van der Waals surface area contributed by atoms with Gasteiger partial charge < -0.3 is 14.9 Å². The minimum Gasteiger partial charge on any atom is -0.444 e. The number of nitrogens with one attached hydrogen (secondary N) is 1. The number of amides is 1. The number of fused-ring (bicyclic) bond motifs is 1. The third kappa shape index (κ3) is 5.24. The molecule has 1 saturated carbocycles. The van der Waals surface area contributed by atoms with Gasteiger partial charge in [0.25, 0.3) is 0 Å². The fourth-order valence-electron chi connectivity index (χ4n) is 5.27. The Balaban J connectivity index is 1.52. The summed E-state index contributed by atoms with van der Waals surface area (Å²) in [6, 6.07) is 21.1. The monoisotopic (exact) mass is 497 g/mol. The van der Waals surface area contributed by atoms with Crippen molar-refractivity contribution in [2.75, 3.05) is 7.11 Å². The second-order valence-corrected chi connectivity index (χ2v) is 11.0. The number of nitrogens with zero attached hydrogens (tertiary/aromatic N) is 2. The van der Waals surface area contributed by atoms with Crippen LogP contribution < -0.4 is 5.32 Å². The number of carbonyl (C=O) groups is 1. The number of alkyl carbamates (subject to hydrolysis) is 1. The van der Waals surface area contributed by atoms with Gasteiger partial charge in [0.15, 0.2) is 0 Å². The topological polar surface area (TPSA) is 72.8 Å². The Morgan fingerprint density at radius 1 is 0.946 bits per heavy atom. The third-order valence-electron chi connectivity index (χ3n) is 7.18. The van der Waals surface area contributed by atoms with Crippen molar-refractivity contribution in [1.82, 2.24) is 10.3 Å². The lowest BCUT2D eigenvalue weighted by Crippen LogP contribution is -2.52. The van der Waals surface area contributed by atoms with Gasteiger partial charge in [0.1, 0.15) is 12.7 Å². The zero-order valence-corrected chi connectivity index (χ0v) is 22.1. The largest absolute Gasteiger partial charge is 0.444 e. The number of hydrogen-bond acceptors (Lipinski definition) is 5. The van der Waals surface area contributed by atoms with Crippen molar-refractivity contribution >= 4 is 11.8 Å². The first-order valence-corrected chi connectivity index (χ1v) is 13.1. The van der Waals surface area contributed by atoms with E-state index in [-0.39, 0.29) is 11.6 Å². The van der Waals surface area contributed by atoms with Crippen molar-refractivity contribution in [2.24, 2.45) is 5.16 Å². The molecule has 5 rings (SSSR count). The van der Waals surface area contributed by atoms with Crippen molar-refractivity contribution in [3.05, 3.63) is 77.5 Å². The highest BCUT2D eigenvalue weighted by atomic mass is 16.6. The number of carbonyl (C=O) groups excluding carboxylic acids is 1. The summed E-state index contributed by atoms with van der Waals surface area (Å²) < 4.78 is 5.55. The lowest BCUT2D eigenvalue weighted by Gasteiger charge is -2.43. The molecule has 0 radical (unpaired) electrons. The van der Waals surface area contributed by atoms with E-state index in [1.54, 1.807) is 7.11 Å². The molecule has 2 aliphatic rings. The summed E-state index contributed by atoms with van der Waals surface area (Å²) in [5, 5.41) is 7.45. The van der Waals surface area contributed by atoms with Gasteiger partial charge in [-0.05, 0) is 76.5 Å². The number of aromatic nitrogens is 1. The summed E-state index contributed by atoms with van der Waals surface area (Å²) in [4.78, 5) is 22.9. The van der Waals surface area contributed by atoms with Gasteiger partial charge in [0.2, 0.25) is 0 Å². The van der Waals surface area contributed by atoms with Gasteiger partial charge in [0, 0.05) is 16.7 Å². The van der Waals surface area contributed by atoms with Crippen LogP contribution in [-0.4, -0.2) is 29.5 Å². The maximum Gasteiger partial charge on any atom is 0.408 e. The predicted molar refractivity (Wildman–Crippen MR) is 146 cm³/mol. The normalized spacial score (nSPS) is 17.5. The van der Waals surface area contributed by atoms with E-state index in [1.165, 1.54) is 0 Å². The van der Waals surface area contributed by atoms with Crippen molar-refractivity contribution in [3.8, 4) is 22.4 Å². The molecule has 2 aliphatic carbocycles. The summed E-state index contributed by atoms with van der Waals surface area (Å²) in [6.07, 6.45) is 5.32. The van der Waals surface area contributed by atoms with E-state index in [2.05, 4.69) is 65.1 Å². The summed E-state index contributed by atoms with van der Waals surface area (Å²) in [5.74, 6) is 0. The molecule has 1 N–H and O–H groups in total. The van der Waals surface area contributed by atoms with E-state index in [4.69, 9.17) is 14.6 Å². The quantitative estimate of drug-likeness (QED) is 0.385. The number of oxime groups is 1. The van der Waals surface area contributed by atoms with Crippen LogP contribution in [0.4, 0.5) is 4.79 Å². The highest BCUT2D eigenvalue weighted by Gasteiger charge is 2.41. The SMILES string of the molecule is CON=C1CCCc2nc(-c3ccc(C4(NC(=O)OC(C)(C)C)CCC4)cc3)c(-c3ccccc3)cc21. The van der Waals surface area contributed by atoms with Crippen LogP contribution in [-0.2, 0) is 21.5 Å². The van der Waals surface area contributed by atoms with E-state index < -0.39 is 5.60 Å². The summed E-state index contributed by atoms with van der Waals surface area (Å²) in [7, 11) is 1.59. The molecular weight excluding hydrogens is 462 g/mol. The van der Waals surface area contributed by atoms with Crippen LogP contribution in [0, 0.1) is 0 Å². The molecule has 2 aromatic carbocycles. The Morgan fingerprint density at radius 2 is 1.68 bits per heavy atom. The molecule has 0 saturated heterocycles. The maximum atomic E-state index is 12.6. The van der Waals surface area contributed by atoms with Crippen molar-refractivity contribution in [2.45, 2.75) is 70.4 Å². The van der Waals surface area contributed by atoms with Gasteiger partial charge in [-0.15, -0.1) is 0 Å². The summed E-state index contributed by atoms with van der Waals surface area (Å²) in [6.45, 7) is 5.65. The van der Waals surface area contributed by atoms with E-state index in [0.29, 0.717) is 0 Å². The molecule has 0 aliphatic heterocycles. The lowest BCUT2D eigenvalue weighted by atomic mass is 9.71. The zero-order chi connectivity index (χ0) is 26.0. The van der Waals surface area contributed by atoms with Crippen molar-refractivity contribution in [3.63, 3.8) is 0 Å². The Morgan fingerprint density at radius 3 is 2.30 bits per heavy atom. The standard InChI is InChI=1S/C31H35N3O3/c1-30(2,3)37-29(35)33-31(18-9-19-31)23-16-14-22(15-17-23)28-24(21-10-6-5-7-11-21)20-25-26(32-28)12-8-13-27(25)34-36-4/h5-7,10-11,14-17,20H,8-9,12-13,18-19H2,1-4H3,(H,33,35). The van der Waals surface area contributed by atoms with E-state index in [9.17, 15) is 4.79 Å². The van der Waals surface area contributed by atoms with Crippen LogP contribution in [0.3, 0.4) is 0 Å². The van der Waals surface area contributed by atoms with Crippen LogP contribution in [0.15, 0.2) is 65.8 Å². The Kier molecular flexibility index (Phi) is 6.76. The second-order valence-electron chi connectivity index (χ2n) is 11.0. The van der Waals surface area contributed by atoms with Gasteiger partial charge in [-0.3, -0.25) is 4.98 Å². The molecule has 3 aromatic rings. The minimum atomic E-state index is -0.529. The van der Waals surface area contributed by atoms with Gasteiger partial charge in [-0.25, -0.2) is 4.79 Å². The molecule has 1 amide bonds. The Bertz CT molecular complexity index is 1300. The molecule has 6 nitrogen and oxygen atoms in total. The summed E-state index contributed by atoms with van der Waals surface area (Å²) >= 11 is 0. The minimum absolute atomic E-state index is 0.368. The highest BCUT2D eigenvalue weighted by molar-refractivity contribution is 6.03. The first kappa shape index (κ1) is 25.0. The first-order valence-electron chi connectivity index (χ1n) is 13.1. The molecule has 6 heteroatoms. The molecule has 0 atom stereocenters. The fraction of sp³-hybridized carbons (Fsp3) is 0.387. The third-order valence-corrected chi connectivity index (χ3v) is 7.18. The average Bonchev–Trinajstić information content (AvgIpc) is 2.85. The van der Waals surface area contributed by atoms with Gasteiger partial charge in [-0.1, -0.05) is 59.8 Å². The van der Waals surface area contributed by atoms with Gasteiger partial charge >= 0.3 is 6.09 Å². The molecule has 0 spiro atoms. The zero-order valence-electron chi connectivity index (χ0n) is 22.1. The highest BCUT2D eigenvalue weighted by Crippen LogP contribution is 2.42. The predicted octanol–water partition coefficient (Wildman–Crippen LogP) is 7.01. The van der Waals surface area contributed by atoms with E-state index in [0.717, 1.165) is 83.4 Å². The maximum absolute atomic E-state index is 12.6. The molecule has 37 heavy (non-hydrogen) atoms. The number of benzene rings is 2. The van der Waals surface area contributed by atoms with Gasteiger partial charge in [-0.2, -0.15) is 0 Å². The van der Waals surface area contributed by atoms with Crippen LogP contribution in [0.5, 0.6) is 0 Å². The van der Waals surface area contributed by atoms with Crippen LogP contribution in [0.1, 0.15) is 69.7 Å². The van der Waals surface area contributed by atoms with Crippen molar-refractivity contribution in [1.29, 1.82) is 0 Å². The number of ether oxygens (including phenoxy) is 1. The van der Waals surface area contributed by atoms with Gasteiger partial charge in [0.05, 0.1) is 22.6 Å². The average molecular weight is 498 g/mol. The van der Waals surface area contributed by atoms with Crippen LogP contribution in [0.25, 0.3) is 22.4 Å². The fourth-order valence-corrected chi connectivity index (χ4v) is 5.27. The van der Waals surface area contributed by atoms with Crippen molar-refractivity contribution < 1.29 is 14.4 Å². The molecular formula is C31H35N3O3. The molecule has 0 bridgehead atoms. The van der Waals surface area contributed by atoms with E-state index in [1.807, 2.05) is 26.8 Å². The lowest BCUT2D eigenvalue weighted by molar-refractivity contribution is 0.0377. The van der Waals surface area contributed by atoms with Crippen LogP contribution in [0.2, 0.25) is 0 Å². The Labute approximate surface area is 219 Å². The smallest absolute Gasteiger partial charge is 0.408 e. The van der Waals surface area contributed by atoms with Crippen LogP contribution >= 0.6 is 0 Å². The molecule has 192 valence electrons. The number of aryl methyl sites for hydroxylation is 1. The summed E-state index contributed by atoms with van der Waals surface area (Å²) in [5.41, 5.74) is 7.47.